The van der Waals surface area contributed by atoms with E-state index in [-0.39, 0.29) is 29.7 Å². The van der Waals surface area contributed by atoms with Crippen molar-refractivity contribution in [3.63, 3.8) is 0 Å². The van der Waals surface area contributed by atoms with Gasteiger partial charge in [0.25, 0.3) is 11.5 Å². The van der Waals surface area contributed by atoms with Crippen LogP contribution in [0.15, 0.2) is 29.1 Å². The summed E-state index contributed by atoms with van der Waals surface area (Å²) in [6, 6.07) is 6.80. The fraction of sp³-hybridized carbons (Fsp3) is 0.471. The lowest BCUT2D eigenvalue weighted by Crippen LogP contribution is -2.35. The molecule has 0 radical (unpaired) electrons. The van der Waals surface area contributed by atoms with Gasteiger partial charge in [0.15, 0.2) is 5.69 Å². The maximum absolute atomic E-state index is 12.5. The van der Waals surface area contributed by atoms with Crippen LogP contribution >= 0.6 is 0 Å². The van der Waals surface area contributed by atoms with Crippen molar-refractivity contribution in [2.45, 2.75) is 45.8 Å². The lowest BCUT2D eigenvalue weighted by atomic mass is 10.1. The normalized spacial score (nSPS) is 12.6. The Kier molecular flexibility index (Phi) is 5.50. The van der Waals surface area contributed by atoms with E-state index in [0.29, 0.717) is 17.2 Å². The van der Waals surface area contributed by atoms with Crippen LogP contribution in [0, 0.1) is 0 Å². The summed E-state index contributed by atoms with van der Waals surface area (Å²) in [5.74, 6) is -0.384. The number of hydrogen-bond acceptors (Lipinski definition) is 4. The first kappa shape index (κ1) is 17.1. The Bertz CT molecular complexity index is 752. The quantitative estimate of drug-likeness (QED) is 0.852. The maximum Gasteiger partial charge on any atom is 0.274 e. The molecule has 23 heavy (non-hydrogen) atoms. The molecule has 124 valence electrons. The molecule has 1 unspecified atom stereocenters. The SMILES string of the molecule is CCCC(O)CNC(=O)c1nn(C(C)C)c(=O)c2ccccc12. The van der Waals surface area contributed by atoms with Crippen LogP contribution in [0.3, 0.4) is 0 Å². The zero-order valence-corrected chi connectivity index (χ0v) is 13.7. The lowest BCUT2D eigenvalue weighted by molar-refractivity contribution is 0.0904. The van der Waals surface area contributed by atoms with Crippen molar-refractivity contribution in [1.82, 2.24) is 15.1 Å². The van der Waals surface area contributed by atoms with E-state index in [9.17, 15) is 14.7 Å². The van der Waals surface area contributed by atoms with Gasteiger partial charge in [0.1, 0.15) is 0 Å². The minimum Gasteiger partial charge on any atom is -0.391 e. The number of rotatable bonds is 6. The number of carbonyl (C=O) groups excluding carboxylic acids is 1. The highest BCUT2D eigenvalue weighted by Gasteiger charge is 2.18. The summed E-state index contributed by atoms with van der Waals surface area (Å²) < 4.78 is 1.32. The molecule has 6 nitrogen and oxygen atoms in total. The number of benzene rings is 1. The van der Waals surface area contributed by atoms with E-state index in [0.717, 1.165) is 6.42 Å². The second kappa shape index (κ2) is 7.37. The van der Waals surface area contributed by atoms with Crippen LogP contribution in [-0.2, 0) is 0 Å². The molecule has 0 bridgehead atoms. The molecule has 1 heterocycles. The van der Waals surface area contributed by atoms with Gasteiger partial charge in [-0.2, -0.15) is 5.10 Å². The van der Waals surface area contributed by atoms with Gasteiger partial charge in [0.05, 0.1) is 17.5 Å². The molecule has 0 aliphatic heterocycles. The molecule has 0 aliphatic rings. The Morgan fingerprint density at radius 2 is 1.96 bits per heavy atom. The predicted octanol–water partition coefficient (Wildman–Crippen LogP) is 1.87. The minimum absolute atomic E-state index is 0.149. The van der Waals surface area contributed by atoms with Gasteiger partial charge in [-0.05, 0) is 26.3 Å². The number of aliphatic hydroxyl groups excluding tert-OH is 1. The number of carbonyl (C=O) groups is 1. The van der Waals surface area contributed by atoms with E-state index >= 15 is 0 Å². The predicted molar refractivity (Wildman–Crippen MR) is 89.6 cm³/mol. The second-order valence-electron chi connectivity index (χ2n) is 5.89. The molecule has 0 spiro atoms. The number of hydrogen-bond donors (Lipinski definition) is 2. The van der Waals surface area contributed by atoms with Crippen molar-refractivity contribution in [2.75, 3.05) is 6.54 Å². The van der Waals surface area contributed by atoms with E-state index in [1.165, 1.54) is 4.68 Å². The third kappa shape index (κ3) is 3.76. The number of fused-ring (bicyclic) bond motifs is 1. The lowest BCUT2D eigenvalue weighted by Gasteiger charge is -2.14. The molecular weight excluding hydrogens is 294 g/mol. The Morgan fingerprint density at radius 3 is 2.57 bits per heavy atom. The van der Waals surface area contributed by atoms with Crippen LogP contribution < -0.4 is 10.9 Å². The monoisotopic (exact) mass is 317 g/mol. The summed E-state index contributed by atoms with van der Waals surface area (Å²) >= 11 is 0. The highest BCUT2D eigenvalue weighted by molar-refractivity contribution is 6.04. The zero-order valence-electron chi connectivity index (χ0n) is 13.7. The van der Waals surface area contributed by atoms with Crippen molar-refractivity contribution in [2.24, 2.45) is 0 Å². The van der Waals surface area contributed by atoms with Crippen molar-refractivity contribution in [3.8, 4) is 0 Å². The van der Waals surface area contributed by atoms with E-state index < -0.39 is 6.10 Å². The average Bonchev–Trinajstić information content (AvgIpc) is 2.53. The van der Waals surface area contributed by atoms with Gasteiger partial charge in [-0.3, -0.25) is 9.59 Å². The van der Waals surface area contributed by atoms with Crippen LogP contribution in [0.4, 0.5) is 0 Å². The highest BCUT2D eigenvalue weighted by atomic mass is 16.3. The van der Waals surface area contributed by atoms with Crippen LogP contribution in [0.2, 0.25) is 0 Å². The molecule has 6 heteroatoms. The van der Waals surface area contributed by atoms with Crippen LogP contribution in [-0.4, -0.2) is 33.4 Å². The van der Waals surface area contributed by atoms with Gasteiger partial charge < -0.3 is 10.4 Å². The molecule has 1 atom stereocenters. The van der Waals surface area contributed by atoms with Gasteiger partial charge in [0.2, 0.25) is 0 Å². The van der Waals surface area contributed by atoms with Crippen molar-refractivity contribution >= 4 is 16.7 Å². The van der Waals surface area contributed by atoms with Gasteiger partial charge in [-0.25, -0.2) is 4.68 Å². The molecule has 0 saturated carbocycles. The molecule has 2 N–H and O–H groups in total. The number of nitrogens with zero attached hydrogens (tertiary/aromatic N) is 2. The topological polar surface area (TPSA) is 84.2 Å². The van der Waals surface area contributed by atoms with Crippen LogP contribution in [0.25, 0.3) is 10.8 Å². The summed E-state index contributed by atoms with van der Waals surface area (Å²) in [5.41, 5.74) is -0.00392. The van der Waals surface area contributed by atoms with Crippen molar-refractivity contribution in [1.29, 1.82) is 0 Å². The Labute approximate surface area is 135 Å². The van der Waals surface area contributed by atoms with Gasteiger partial charge in [-0.1, -0.05) is 31.5 Å². The third-order valence-electron chi connectivity index (χ3n) is 3.65. The molecule has 0 aliphatic carbocycles. The summed E-state index contributed by atoms with van der Waals surface area (Å²) in [6.07, 6.45) is 0.891. The van der Waals surface area contributed by atoms with Crippen LogP contribution in [0.1, 0.15) is 50.1 Å². The van der Waals surface area contributed by atoms with E-state index in [2.05, 4.69) is 10.4 Å². The Hall–Kier alpha value is -2.21. The van der Waals surface area contributed by atoms with E-state index in [1.807, 2.05) is 20.8 Å². The smallest absolute Gasteiger partial charge is 0.274 e. The summed E-state index contributed by atoms with van der Waals surface area (Å²) in [7, 11) is 0. The van der Waals surface area contributed by atoms with E-state index in [1.54, 1.807) is 24.3 Å². The number of amides is 1. The summed E-state index contributed by atoms with van der Waals surface area (Å²) in [5, 5.41) is 17.7. The fourth-order valence-electron chi connectivity index (χ4n) is 2.45. The second-order valence-corrected chi connectivity index (χ2v) is 5.89. The molecule has 2 aromatic rings. The number of aliphatic hydroxyl groups is 1. The number of nitrogens with one attached hydrogen (secondary N) is 1. The van der Waals surface area contributed by atoms with Gasteiger partial charge in [0, 0.05) is 11.9 Å². The number of aromatic nitrogens is 2. The largest absolute Gasteiger partial charge is 0.391 e. The third-order valence-corrected chi connectivity index (χ3v) is 3.65. The van der Waals surface area contributed by atoms with Crippen molar-refractivity contribution < 1.29 is 9.90 Å². The zero-order chi connectivity index (χ0) is 17.0. The first-order valence-electron chi connectivity index (χ1n) is 7.93. The van der Waals surface area contributed by atoms with E-state index in [4.69, 9.17) is 0 Å². The van der Waals surface area contributed by atoms with Gasteiger partial charge >= 0.3 is 0 Å². The minimum atomic E-state index is -0.578. The summed E-state index contributed by atoms with van der Waals surface area (Å²) in [6.45, 7) is 5.83. The molecule has 1 aromatic carbocycles. The first-order chi connectivity index (χ1) is 11.0. The standard InChI is InChI=1S/C17H23N3O3/c1-4-7-12(21)10-18-16(22)15-13-8-5-6-9-14(13)17(23)20(19-15)11(2)3/h5-6,8-9,11-12,21H,4,7,10H2,1-3H3,(H,18,22). The maximum atomic E-state index is 12.5. The first-order valence-corrected chi connectivity index (χ1v) is 7.93. The van der Waals surface area contributed by atoms with Crippen LogP contribution in [0.5, 0.6) is 0 Å². The molecule has 0 saturated heterocycles. The fourth-order valence-corrected chi connectivity index (χ4v) is 2.45. The highest BCUT2D eigenvalue weighted by Crippen LogP contribution is 2.14. The Balaban J connectivity index is 2.41. The molecule has 1 amide bonds. The summed E-state index contributed by atoms with van der Waals surface area (Å²) in [4.78, 5) is 24.9. The average molecular weight is 317 g/mol. The molecule has 0 fully saturated rings. The molecule has 1 aromatic heterocycles. The Morgan fingerprint density at radius 1 is 1.30 bits per heavy atom. The van der Waals surface area contributed by atoms with Crippen molar-refractivity contribution in [3.05, 3.63) is 40.3 Å². The molecule has 2 rings (SSSR count). The molecular formula is C17H23N3O3. The van der Waals surface area contributed by atoms with Gasteiger partial charge in [-0.15, -0.1) is 0 Å².